The highest BCUT2D eigenvalue weighted by atomic mass is 31.2. The normalized spacial score (nSPS) is 11.3. The zero-order valence-electron chi connectivity index (χ0n) is 15.3. The summed E-state index contributed by atoms with van der Waals surface area (Å²) in [6.45, 7) is 9.10. The molecular weight excluding hydrogens is 319 g/mol. The van der Waals surface area contributed by atoms with Gasteiger partial charge in [0.1, 0.15) is 0 Å². The fourth-order valence-electron chi connectivity index (χ4n) is 3.65. The summed E-state index contributed by atoms with van der Waals surface area (Å²) < 4.78 is 0. The van der Waals surface area contributed by atoms with E-state index >= 15 is 0 Å². The van der Waals surface area contributed by atoms with Gasteiger partial charge in [-0.25, -0.2) is 0 Å². The lowest BCUT2D eigenvalue weighted by atomic mass is 10.00. The molecule has 0 saturated carbocycles. The van der Waals surface area contributed by atoms with Gasteiger partial charge in [0.15, 0.2) is 0 Å². The molecule has 0 aliphatic heterocycles. The van der Waals surface area contributed by atoms with E-state index in [0.29, 0.717) is 0 Å². The third kappa shape index (κ3) is 3.15. The first-order chi connectivity index (χ1) is 11.9. The summed E-state index contributed by atoms with van der Waals surface area (Å²) in [4.78, 5) is 0. The van der Waals surface area contributed by atoms with Gasteiger partial charge in [0.25, 0.3) is 0 Å². The fourth-order valence-corrected chi connectivity index (χ4v) is 6.67. The topological polar surface area (TPSA) is 0 Å². The van der Waals surface area contributed by atoms with Gasteiger partial charge < -0.3 is 0 Å². The highest BCUT2D eigenvalue weighted by molar-refractivity contribution is 7.95. The molecule has 3 rings (SSSR count). The Kier molecular flexibility index (Phi) is 4.84. The van der Waals surface area contributed by atoms with Gasteiger partial charge in [-0.15, -0.1) is 0 Å². The van der Waals surface area contributed by atoms with E-state index in [9.17, 15) is 0 Å². The average molecular weight is 344 g/mol. The van der Waals surface area contributed by atoms with Gasteiger partial charge in [-0.05, 0) is 60.3 Å². The Balaban J connectivity index is 2.27. The Hall–Kier alpha value is -2.30. The van der Waals surface area contributed by atoms with Crippen molar-refractivity contribution in [1.82, 2.24) is 0 Å². The van der Waals surface area contributed by atoms with E-state index in [1.807, 2.05) is 0 Å². The van der Waals surface area contributed by atoms with E-state index in [1.54, 1.807) is 0 Å². The van der Waals surface area contributed by atoms with Crippen LogP contribution in [0.2, 0.25) is 0 Å². The minimum Gasteiger partial charge on any atom is -0.0901 e. The van der Waals surface area contributed by atoms with Crippen LogP contribution in [0.5, 0.6) is 0 Å². The third-order valence-corrected chi connectivity index (χ3v) is 8.32. The molecule has 0 aromatic heterocycles. The van der Waals surface area contributed by atoms with Crippen molar-refractivity contribution in [3.63, 3.8) is 0 Å². The minimum absolute atomic E-state index is 1.15. The van der Waals surface area contributed by atoms with Crippen LogP contribution in [-0.4, -0.2) is 6.30 Å². The molecule has 0 bridgehead atoms. The molecule has 0 amide bonds. The summed E-state index contributed by atoms with van der Waals surface area (Å²) in [6.07, 6.45) is 4.80. The molecular formula is C24H25P. The predicted octanol–water partition coefficient (Wildman–Crippen LogP) is 5.68. The molecule has 0 heterocycles. The van der Waals surface area contributed by atoms with Crippen molar-refractivity contribution >= 4 is 29.1 Å². The molecule has 25 heavy (non-hydrogen) atoms. The molecule has 0 N–H and O–H groups in total. The van der Waals surface area contributed by atoms with Crippen LogP contribution >= 0.6 is 6.89 Å². The molecule has 126 valence electrons. The first kappa shape index (κ1) is 17.5. The number of hydrogen-bond acceptors (Lipinski definition) is 0. The minimum atomic E-state index is -2.00. The summed E-state index contributed by atoms with van der Waals surface area (Å²) in [6, 6.07) is 25.8. The van der Waals surface area contributed by atoms with Gasteiger partial charge in [0.2, 0.25) is 0 Å². The highest BCUT2D eigenvalue weighted by Gasteiger charge is 2.25. The van der Waals surface area contributed by atoms with Crippen LogP contribution in [-0.2, 0) is 0 Å². The lowest BCUT2D eigenvalue weighted by Crippen LogP contribution is -2.17. The fraction of sp³-hybridized carbons (Fsp3) is 0.125. The summed E-state index contributed by atoms with van der Waals surface area (Å²) in [5.41, 5.74) is 5.12. The lowest BCUT2D eigenvalue weighted by molar-refractivity contribution is 1.30. The van der Waals surface area contributed by atoms with Crippen molar-refractivity contribution < 1.29 is 0 Å². The van der Waals surface area contributed by atoms with E-state index in [1.165, 1.54) is 32.9 Å². The molecule has 3 aromatic carbocycles. The Labute approximate surface area is 151 Å². The van der Waals surface area contributed by atoms with E-state index < -0.39 is 6.89 Å². The summed E-state index contributed by atoms with van der Waals surface area (Å²) in [5.74, 6) is 0. The first-order valence-corrected chi connectivity index (χ1v) is 10.5. The van der Waals surface area contributed by atoms with Crippen LogP contribution in [0, 0.1) is 20.8 Å². The van der Waals surface area contributed by atoms with E-state index in [2.05, 4.69) is 100 Å². The largest absolute Gasteiger partial charge is 0.0901 e. The maximum absolute atomic E-state index is 4.80. The standard InChI is InChI=1S/C24H25P/c1-18-16-19(2)24(20(3)17-18)21(4)25(5,22-12-8-6-9-13-22)23-14-10-7-11-15-23/h6-17H,4-5H2,1-3H3. The molecule has 0 aliphatic rings. The second kappa shape index (κ2) is 6.90. The zero-order chi connectivity index (χ0) is 18.0. The molecule has 0 radical (unpaired) electrons. The number of benzene rings is 3. The van der Waals surface area contributed by atoms with Crippen molar-refractivity contribution in [2.24, 2.45) is 0 Å². The molecule has 1 heteroatoms. The van der Waals surface area contributed by atoms with Crippen molar-refractivity contribution in [2.45, 2.75) is 20.8 Å². The van der Waals surface area contributed by atoms with Gasteiger partial charge in [0.05, 0.1) is 0 Å². The molecule has 0 fully saturated rings. The monoisotopic (exact) mass is 344 g/mol. The summed E-state index contributed by atoms with van der Waals surface area (Å²) >= 11 is 0. The second-order valence-corrected chi connectivity index (χ2v) is 9.89. The molecule has 0 spiro atoms. The molecule has 0 nitrogen and oxygen atoms in total. The van der Waals surface area contributed by atoms with Gasteiger partial charge in [-0.1, -0.05) is 91.2 Å². The van der Waals surface area contributed by atoms with Crippen LogP contribution < -0.4 is 10.6 Å². The van der Waals surface area contributed by atoms with Crippen LogP contribution in [0.15, 0.2) is 79.4 Å². The Morgan fingerprint density at radius 1 is 0.720 bits per heavy atom. The first-order valence-electron chi connectivity index (χ1n) is 8.57. The Morgan fingerprint density at radius 3 is 1.52 bits per heavy atom. The van der Waals surface area contributed by atoms with Gasteiger partial charge in [0, 0.05) is 0 Å². The van der Waals surface area contributed by atoms with Gasteiger partial charge >= 0.3 is 0 Å². The molecule has 0 aliphatic carbocycles. The number of aryl methyl sites for hydroxylation is 3. The number of rotatable bonds is 4. The van der Waals surface area contributed by atoms with Crippen LogP contribution in [0.1, 0.15) is 22.3 Å². The van der Waals surface area contributed by atoms with Gasteiger partial charge in [-0.3, -0.25) is 0 Å². The smallest absolute Gasteiger partial charge is 0.0121 e. The Morgan fingerprint density at radius 2 is 1.12 bits per heavy atom. The van der Waals surface area contributed by atoms with Crippen molar-refractivity contribution in [3.8, 4) is 0 Å². The second-order valence-electron chi connectivity index (χ2n) is 6.70. The van der Waals surface area contributed by atoms with Gasteiger partial charge in [-0.2, -0.15) is 0 Å². The maximum Gasteiger partial charge on any atom is -0.0121 e. The lowest BCUT2D eigenvalue weighted by Gasteiger charge is -2.30. The average Bonchev–Trinajstić information content (AvgIpc) is 2.61. The van der Waals surface area contributed by atoms with Crippen molar-refractivity contribution in [3.05, 3.63) is 102 Å². The SMILES string of the molecule is C=C(c1c(C)cc(C)cc1C)P(=C)(c1ccccc1)c1ccccc1. The third-order valence-electron chi connectivity index (χ3n) is 4.82. The van der Waals surface area contributed by atoms with Crippen molar-refractivity contribution in [1.29, 1.82) is 0 Å². The van der Waals surface area contributed by atoms with Crippen LogP contribution in [0.25, 0.3) is 5.31 Å². The Bertz CT molecular complexity index is 883. The molecule has 0 saturated heterocycles. The van der Waals surface area contributed by atoms with E-state index in [0.717, 1.165) is 5.31 Å². The van der Waals surface area contributed by atoms with Crippen LogP contribution in [0.4, 0.5) is 0 Å². The van der Waals surface area contributed by atoms with E-state index in [-0.39, 0.29) is 0 Å². The van der Waals surface area contributed by atoms with Crippen LogP contribution in [0.3, 0.4) is 0 Å². The summed E-state index contributed by atoms with van der Waals surface area (Å²) in [7, 11) is 0. The summed E-state index contributed by atoms with van der Waals surface area (Å²) in [5, 5.41) is 3.69. The zero-order valence-corrected chi connectivity index (χ0v) is 16.2. The van der Waals surface area contributed by atoms with E-state index in [4.69, 9.17) is 6.30 Å². The number of hydrogen-bond donors (Lipinski definition) is 0. The molecule has 0 atom stereocenters. The molecule has 3 aromatic rings. The highest BCUT2D eigenvalue weighted by Crippen LogP contribution is 2.56. The van der Waals surface area contributed by atoms with Crippen molar-refractivity contribution in [2.75, 3.05) is 0 Å². The predicted molar refractivity (Wildman–Crippen MR) is 116 cm³/mol. The maximum atomic E-state index is 4.80. The molecule has 0 unspecified atom stereocenters. The quantitative estimate of drug-likeness (QED) is 0.534.